The van der Waals surface area contributed by atoms with Gasteiger partial charge in [-0.25, -0.2) is 0 Å². The van der Waals surface area contributed by atoms with Crippen LogP contribution >= 0.6 is 0 Å². The lowest BCUT2D eigenvalue weighted by atomic mass is 10.2. The molecule has 0 fully saturated rings. The van der Waals surface area contributed by atoms with Gasteiger partial charge in [-0.05, 0) is 31.9 Å². The highest BCUT2D eigenvalue weighted by Crippen LogP contribution is 2.17. The second kappa shape index (κ2) is 5.05. The van der Waals surface area contributed by atoms with Crippen LogP contribution in [0.15, 0.2) is 22.9 Å². The highest BCUT2D eigenvalue weighted by Gasteiger charge is 2.11. The number of hydrogen-bond acceptors (Lipinski definition) is 5. The van der Waals surface area contributed by atoms with Crippen LogP contribution in [-0.4, -0.2) is 21.2 Å². The molecule has 0 saturated carbocycles. The molecule has 5 heteroatoms. The fourth-order valence-corrected chi connectivity index (χ4v) is 1.52. The zero-order valence-corrected chi connectivity index (χ0v) is 10.1. The van der Waals surface area contributed by atoms with E-state index in [0.717, 1.165) is 17.7 Å². The Morgan fingerprint density at radius 3 is 3.00 bits per heavy atom. The Balaban J connectivity index is 2.16. The number of nitrogens with zero attached hydrogens (tertiary/aromatic N) is 3. The van der Waals surface area contributed by atoms with Gasteiger partial charge in [0.25, 0.3) is 0 Å². The van der Waals surface area contributed by atoms with E-state index >= 15 is 0 Å². The van der Waals surface area contributed by atoms with E-state index in [9.17, 15) is 0 Å². The third-order valence-electron chi connectivity index (χ3n) is 2.50. The van der Waals surface area contributed by atoms with Crippen molar-refractivity contribution >= 4 is 0 Å². The molecule has 2 N–H and O–H groups in total. The van der Waals surface area contributed by atoms with E-state index < -0.39 is 0 Å². The molecule has 0 aliphatic rings. The van der Waals surface area contributed by atoms with Gasteiger partial charge in [0.1, 0.15) is 5.69 Å². The first-order chi connectivity index (χ1) is 8.16. The Kier molecular flexibility index (Phi) is 3.49. The van der Waals surface area contributed by atoms with E-state index in [0.29, 0.717) is 18.1 Å². The van der Waals surface area contributed by atoms with Gasteiger partial charge in [-0.3, -0.25) is 4.98 Å². The summed E-state index contributed by atoms with van der Waals surface area (Å²) in [5.41, 5.74) is 7.48. The Morgan fingerprint density at radius 2 is 2.29 bits per heavy atom. The molecular weight excluding hydrogens is 216 g/mol. The second-order valence-corrected chi connectivity index (χ2v) is 4.20. The van der Waals surface area contributed by atoms with Crippen molar-refractivity contribution < 1.29 is 4.52 Å². The molecule has 0 radical (unpaired) electrons. The van der Waals surface area contributed by atoms with Crippen LogP contribution in [-0.2, 0) is 6.42 Å². The van der Waals surface area contributed by atoms with Crippen molar-refractivity contribution in [1.29, 1.82) is 0 Å². The van der Waals surface area contributed by atoms with Gasteiger partial charge in [0, 0.05) is 18.7 Å². The number of aromatic nitrogens is 3. The molecule has 1 unspecified atom stereocenters. The molecular formula is C12H16N4O. The number of nitrogens with two attached hydrogens (primary N) is 1. The summed E-state index contributed by atoms with van der Waals surface area (Å²) in [6.45, 7) is 3.93. The molecule has 0 bridgehead atoms. The molecule has 17 heavy (non-hydrogen) atoms. The minimum absolute atomic E-state index is 0.141. The molecule has 2 aromatic heterocycles. The van der Waals surface area contributed by atoms with Crippen LogP contribution < -0.4 is 5.73 Å². The molecule has 0 saturated heterocycles. The van der Waals surface area contributed by atoms with Gasteiger partial charge < -0.3 is 10.3 Å². The molecule has 0 spiro atoms. The number of pyridine rings is 1. The Labute approximate surface area is 100 Å². The van der Waals surface area contributed by atoms with Crippen LogP contribution in [0.3, 0.4) is 0 Å². The quantitative estimate of drug-likeness (QED) is 0.868. The Hall–Kier alpha value is -1.75. The molecule has 2 heterocycles. The summed E-state index contributed by atoms with van der Waals surface area (Å²) in [6, 6.07) is 4.00. The predicted octanol–water partition coefficient (Wildman–Crippen LogP) is 1.72. The van der Waals surface area contributed by atoms with E-state index in [2.05, 4.69) is 15.1 Å². The summed E-state index contributed by atoms with van der Waals surface area (Å²) in [5, 5.41) is 3.94. The van der Waals surface area contributed by atoms with Gasteiger partial charge in [0.05, 0.1) is 0 Å². The van der Waals surface area contributed by atoms with Gasteiger partial charge in [-0.1, -0.05) is 11.2 Å². The highest BCUT2D eigenvalue weighted by atomic mass is 16.5. The lowest BCUT2D eigenvalue weighted by Crippen LogP contribution is -2.15. The molecule has 0 aromatic carbocycles. The molecule has 2 rings (SSSR count). The minimum atomic E-state index is 0.141. The maximum Gasteiger partial charge on any atom is 0.227 e. The van der Waals surface area contributed by atoms with E-state index in [1.54, 1.807) is 6.20 Å². The Morgan fingerprint density at radius 1 is 1.47 bits per heavy atom. The van der Waals surface area contributed by atoms with Gasteiger partial charge in [-0.15, -0.1) is 0 Å². The summed E-state index contributed by atoms with van der Waals surface area (Å²) in [5.74, 6) is 1.16. The van der Waals surface area contributed by atoms with Crippen molar-refractivity contribution in [3.8, 4) is 11.5 Å². The van der Waals surface area contributed by atoms with Crippen LogP contribution in [0.2, 0.25) is 0 Å². The maximum atomic E-state index is 5.68. The minimum Gasteiger partial charge on any atom is -0.339 e. The average Bonchev–Trinajstić information content (AvgIpc) is 2.75. The summed E-state index contributed by atoms with van der Waals surface area (Å²) >= 11 is 0. The topological polar surface area (TPSA) is 77.8 Å². The first-order valence-electron chi connectivity index (χ1n) is 5.67. The molecule has 2 aromatic rings. The zero-order chi connectivity index (χ0) is 12.3. The van der Waals surface area contributed by atoms with Crippen LogP contribution in [0.25, 0.3) is 11.5 Å². The van der Waals surface area contributed by atoms with Crippen LogP contribution in [0.1, 0.15) is 24.8 Å². The predicted molar refractivity (Wildman–Crippen MR) is 64.2 cm³/mol. The van der Waals surface area contributed by atoms with Crippen LogP contribution in [0.5, 0.6) is 0 Å². The van der Waals surface area contributed by atoms with Crippen molar-refractivity contribution in [2.75, 3.05) is 0 Å². The third kappa shape index (κ3) is 2.88. The number of rotatable bonds is 4. The molecule has 5 nitrogen and oxygen atoms in total. The molecule has 1 atom stereocenters. The molecule has 0 aliphatic heterocycles. The van der Waals surface area contributed by atoms with Gasteiger partial charge in [0.15, 0.2) is 0 Å². The van der Waals surface area contributed by atoms with Crippen molar-refractivity contribution in [3.05, 3.63) is 29.8 Å². The van der Waals surface area contributed by atoms with Crippen molar-refractivity contribution in [2.24, 2.45) is 5.73 Å². The summed E-state index contributed by atoms with van der Waals surface area (Å²) in [4.78, 5) is 8.56. The smallest absolute Gasteiger partial charge is 0.227 e. The highest BCUT2D eigenvalue weighted by molar-refractivity contribution is 5.52. The third-order valence-corrected chi connectivity index (χ3v) is 2.50. The van der Waals surface area contributed by atoms with E-state index in [4.69, 9.17) is 10.3 Å². The van der Waals surface area contributed by atoms with E-state index in [1.807, 2.05) is 26.0 Å². The Bertz CT molecular complexity index is 493. The zero-order valence-electron chi connectivity index (χ0n) is 10.1. The summed E-state index contributed by atoms with van der Waals surface area (Å²) in [7, 11) is 0. The lowest BCUT2D eigenvalue weighted by Gasteiger charge is -1.99. The molecule has 90 valence electrons. The summed E-state index contributed by atoms with van der Waals surface area (Å²) in [6.07, 6.45) is 3.26. The standard InChI is InChI=1S/C12H16N4O/c1-8-4-3-7-14-11(8)12-15-10(17-16-12)6-5-9(2)13/h3-4,7,9H,5-6,13H2,1-2H3. The van der Waals surface area contributed by atoms with Crippen molar-refractivity contribution in [3.63, 3.8) is 0 Å². The van der Waals surface area contributed by atoms with Crippen molar-refractivity contribution in [2.45, 2.75) is 32.7 Å². The number of hydrogen-bond donors (Lipinski definition) is 1. The second-order valence-electron chi connectivity index (χ2n) is 4.20. The van der Waals surface area contributed by atoms with Crippen LogP contribution in [0, 0.1) is 6.92 Å². The molecule has 0 amide bonds. The number of aryl methyl sites for hydroxylation is 2. The summed E-state index contributed by atoms with van der Waals surface area (Å²) < 4.78 is 5.17. The average molecular weight is 232 g/mol. The van der Waals surface area contributed by atoms with Crippen molar-refractivity contribution in [1.82, 2.24) is 15.1 Å². The molecule has 0 aliphatic carbocycles. The monoisotopic (exact) mass is 232 g/mol. The first kappa shape index (κ1) is 11.7. The SMILES string of the molecule is Cc1cccnc1-c1noc(CCC(C)N)n1. The fourth-order valence-electron chi connectivity index (χ4n) is 1.52. The van der Waals surface area contributed by atoms with E-state index in [1.165, 1.54) is 0 Å². The van der Waals surface area contributed by atoms with Gasteiger partial charge in [-0.2, -0.15) is 4.98 Å². The first-order valence-corrected chi connectivity index (χ1v) is 5.67. The lowest BCUT2D eigenvalue weighted by molar-refractivity contribution is 0.372. The van der Waals surface area contributed by atoms with Crippen LogP contribution in [0.4, 0.5) is 0 Å². The fraction of sp³-hybridized carbons (Fsp3) is 0.417. The van der Waals surface area contributed by atoms with E-state index in [-0.39, 0.29) is 6.04 Å². The van der Waals surface area contributed by atoms with Gasteiger partial charge in [0.2, 0.25) is 11.7 Å². The maximum absolute atomic E-state index is 5.68. The van der Waals surface area contributed by atoms with Gasteiger partial charge >= 0.3 is 0 Å². The normalized spacial score (nSPS) is 12.6. The largest absolute Gasteiger partial charge is 0.339 e.